The van der Waals surface area contributed by atoms with Gasteiger partial charge in [0.25, 0.3) is 5.91 Å². The van der Waals surface area contributed by atoms with Gasteiger partial charge in [0.15, 0.2) is 11.5 Å². The number of aromatic nitrogens is 2. The first kappa shape index (κ1) is 26.4. The third-order valence-corrected chi connectivity index (χ3v) is 5.99. The fraction of sp³-hybridized carbons (Fsp3) is 0.417. The molecule has 0 radical (unpaired) electrons. The van der Waals surface area contributed by atoms with Crippen molar-refractivity contribution < 1.29 is 41.8 Å². The number of hydrogen-bond donors (Lipinski definition) is 2. The number of benzene rings is 1. The third-order valence-electron chi connectivity index (χ3n) is 5.99. The summed E-state index contributed by atoms with van der Waals surface area (Å²) < 4.78 is 55.8. The maximum absolute atomic E-state index is 13.5. The Morgan fingerprint density at radius 1 is 1.27 bits per heavy atom. The van der Waals surface area contributed by atoms with Gasteiger partial charge in [-0.15, -0.1) is 0 Å². The molecule has 1 aromatic carbocycles. The van der Waals surface area contributed by atoms with Crippen molar-refractivity contribution in [1.82, 2.24) is 14.9 Å². The molecule has 13 heteroatoms. The molecule has 10 nitrogen and oxygen atoms in total. The fourth-order valence-corrected chi connectivity index (χ4v) is 4.34. The number of alkyl halides is 3. The number of fused-ring (bicyclic) bond motifs is 1. The topological polar surface area (TPSA) is 141 Å². The van der Waals surface area contributed by atoms with Gasteiger partial charge in [0.2, 0.25) is 5.89 Å². The first-order chi connectivity index (χ1) is 17.4. The minimum absolute atomic E-state index is 0.00186. The second-order valence-corrected chi connectivity index (χ2v) is 8.80. The summed E-state index contributed by atoms with van der Waals surface area (Å²) in [6.07, 6.45) is -4.70. The number of pyridine rings is 1. The average Bonchev–Trinajstić information content (AvgIpc) is 3.42. The molecule has 198 valence electrons. The number of amides is 1. The van der Waals surface area contributed by atoms with Crippen molar-refractivity contribution >= 4 is 22.8 Å². The van der Waals surface area contributed by atoms with Crippen LogP contribution >= 0.6 is 0 Å². The molecule has 0 spiro atoms. The lowest BCUT2D eigenvalue weighted by Crippen LogP contribution is -2.42. The highest BCUT2D eigenvalue weighted by Gasteiger charge is 2.47. The van der Waals surface area contributed by atoms with Crippen molar-refractivity contribution in [3.05, 3.63) is 41.4 Å². The van der Waals surface area contributed by atoms with E-state index >= 15 is 0 Å². The lowest BCUT2D eigenvalue weighted by Gasteiger charge is -2.22. The minimum Gasteiger partial charge on any atom is -0.494 e. The number of ether oxygens (including phenoxy) is 2. The van der Waals surface area contributed by atoms with Crippen LogP contribution in [0.25, 0.3) is 22.4 Å². The Morgan fingerprint density at radius 2 is 2.00 bits per heavy atom. The molecular formula is C24H25F3N4O6. The zero-order chi connectivity index (χ0) is 27.1. The lowest BCUT2D eigenvalue weighted by atomic mass is 10.0. The van der Waals surface area contributed by atoms with Crippen LogP contribution in [-0.4, -0.2) is 63.8 Å². The Morgan fingerprint density at radius 3 is 2.62 bits per heavy atom. The van der Waals surface area contributed by atoms with Crippen molar-refractivity contribution in [2.75, 3.05) is 20.3 Å². The van der Waals surface area contributed by atoms with Gasteiger partial charge in [0, 0.05) is 17.4 Å². The van der Waals surface area contributed by atoms with Gasteiger partial charge in [-0.1, -0.05) is 0 Å². The minimum atomic E-state index is -4.67. The van der Waals surface area contributed by atoms with Crippen LogP contribution in [0.15, 0.2) is 28.7 Å². The molecule has 2 atom stereocenters. The van der Waals surface area contributed by atoms with E-state index < -0.39 is 35.4 Å². The largest absolute Gasteiger partial charge is 0.494 e. The van der Waals surface area contributed by atoms with Crippen molar-refractivity contribution in [2.24, 2.45) is 5.73 Å². The number of hydrogen-bond acceptors (Lipinski definition) is 9. The van der Waals surface area contributed by atoms with E-state index in [1.54, 1.807) is 6.92 Å². The number of esters is 1. The number of halogens is 3. The summed E-state index contributed by atoms with van der Waals surface area (Å²) in [6, 6.07) is 3.91. The van der Waals surface area contributed by atoms with E-state index in [-0.39, 0.29) is 65.7 Å². The van der Waals surface area contributed by atoms with Gasteiger partial charge in [-0.2, -0.15) is 13.2 Å². The Bertz CT molecular complexity index is 1350. The van der Waals surface area contributed by atoms with Gasteiger partial charge >= 0.3 is 12.1 Å². The highest BCUT2D eigenvalue weighted by molar-refractivity contribution is 5.99. The number of likely N-dealkylation sites (tertiary alicyclic amines) is 1. The molecule has 2 unspecified atom stereocenters. The molecule has 0 aliphatic carbocycles. The molecule has 4 rings (SSSR count). The van der Waals surface area contributed by atoms with Crippen LogP contribution in [0.2, 0.25) is 0 Å². The van der Waals surface area contributed by atoms with Gasteiger partial charge in [0.1, 0.15) is 23.0 Å². The van der Waals surface area contributed by atoms with Crippen LogP contribution in [-0.2, 0) is 22.3 Å². The van der Waals surface area contributed by atoms with E-state index in [0.29, 0.717) is 0 Å². The molecule has 37 heavy (non-hydrogen) atoms. The number of aliphatic hydroxyl groups is 1. The number of nitrogens with two attached hydrogens (primary N) is 1. The maximum Gasteiger partial charge on any atom is 0.433 e. The second kappa shape index (κ2) is 9.63. The van der Waals surface area contributed by atoms with E-state index in [0.717, 1.165) is 11.0 Å². The summed E-state index contributed by atoms with van der Waals surface area (Å²) in [5, 5.41) is 10.8. The highest BCUT2D eigenvalue weighted by Crippen LogP contribution is 2.37. The Hall–Kier alpha value is -3.71. The van der Waals surface area contributed by atoms with Crippen LogP contribution in [0.3, 0.4) is 0 Å². The summed E-state index contributed by atoms with van der Waals surface area (Å²) in [5.74, 6) is -1.36. The number of oxazole rings is 1. The van der Waals surface area contributed by atoms with Crippen LogP contribution in [0.4, 0.5) is 13.2 Å². The number of carbonyl (C=O) groups is 2. The zero-order valence-corrected chi connectivity index (χ0v) is 20.3. The van der Waals surface area contributed by atoms with Crippen molar-refractivity contribution in [3.63, 3.8) is 0 Å². The van der Waals surface area contributed by atoms with Crippen LogP contribution in [0.1, 0.15) is 42.2 Å². The number of nitrogens with zero attached hydrogens (tertiary/aromatic N) is 3. The fourth-order valence-electron chi connectivity index (χ4n) is 4.34. The maximum atomic E-state index is 13.5. The standard InChI is InChI=1S/C24H25F3N4O6/c1-4-36-22(33)14-9-23(2,34)11-31(14)21(32)19-16(10-28)37-20(30-19)13-5-7-15(35-3)18-12(13)6-8-17(29-18)24(25,26)27/h5-8,14,34H,4,9-11,28H2,1-3H3. The second-order valence-electron chi connectivity index (χ2n) is 8.80. The molecule has 1 aliphatic heterocycles. The number of β-amino-alcohol motifs (C(OH)–C–C–N with tert-alkyl or cyclic N) is 1. The summed E-state index contributed by atoms with van der Waals surface area (Å²) in [4.78, 5) is 35.1. The molecule has 1 aliphatic rings. The summed E-state index contributed by atoms with van der Waals surface area (Å²) >= 11 is 0. The predicted molar refractivity (Wildman–Crippen MR) is 123 cm³/mol. The smallest absolute Gasteiger partial charge is 0.433 e. The molecule has 0 bridgehead atoms. The van der Waals surface area contributed by atoms with E-state index in [1.165, 1.54) is 32.2 Å². The molecule has 3 aromatic rings. The molecule has 3 heterocycles. The van der Waals surface area contributed by atoms with Gasteiger partial charge in [0.05, 0.1) is 32.4 Å². The Balaban J connectivity index is 1.79. The monoisotopic (exact) mass is 522 g/mol. The zero-order valence-electron chi connectivity index (χ0n) is 20.3. The number of methoxy groups -OCH3 is 1. The van der Waals surface area contributed by atoms with Gasteiger partial charge in [-0.3, -0.25) is 4.79 Å². The van der Waals surface area contributed by atoms with Crippen LogP contribution < -0.4 is 10.5 Å². The molecule has 3 N–H and O–H groups in total. The first-order valence-electron chi connectivity index (χ1n) is 11.3. The predicted octanol–water partition coefficient (Wildman–Crippen LogP) is 2.90. The van der Waals surface area contributed by atoms with Crippen molar-refractivity contribution in [2.45, 2.75) is 44.6 Å². The van der Waals surface area contributed by atoms with Crippen molar-refractivity contribution in [3.8, 4) is 17.2 Å². The SMILES string of the molecule is CCOC(=O)C1CC(C)(O)CN1C(=O)c1nc(-c2ccc(OC)c3nc(C(F)(F)F)ccc23)oc1CN. The van der Waals surface area contributed by atoms with E-state index in [1.807, 2.05) is 0 Å². The average molecular weight is 522 g/mol. The Kier molecular flexibility index (Phi) is 6.86. The molecule has 1 saturated heterocycles. The number of carbonyl (C=O) groups excluding carboxylic acids is 2. The van der Waals surface area contributed by atoms with E-state index in [4.69, 9.17) is 19.6 Å². The number of rotatable bonds is 6. The van der Waals surface area contributed by atoms with E-state index in [2.05, 4.69) is 9.97 Å². The molecular weight excluding hydrogens is 497 g/mol. The summed E-state index contributed by atoms with van der Waals surface area (Å²) in [7, 11) is 1.30. The molecule has 1 fully saturated rings. The van der Waals surface area contributed by atoms with Gasteiger partial charge in [-0.05, 0) is 38.1 Å². The Labute approximate surface area is 209 Å². The summed E-state index contributed by atoms with van der Waals surface area (Å²) in [6.45, 7) is 2.83. The van der Waals surface area contributed by atoms with Gasteiger partial charge < -0.3 is 29.6 Å². The normalized spacial score (nSPS) is 19.9. The molecule has 0 saturated carbocycles. The quantitative estimate of drug-likeness (QED) is 0.468. The summed E-state index contributed by atoms with van der Waals surface area (Å²) in [5.41, 5.74) is 3.34. The van der Waals surface area contributed by atoms with Crippen LogP contribution in [0, 0.1) is 0 Å². The van der Waals surface area contributed by atoms with Gasteiger partial charge in [-0.25, -0.2) is 14.8 Å². The van der Waals surface area contributed by atoms with Crippen LogP contribution in [0.5, 0.6) is 5.75 Å². The third kappa shape index (κ3) is 4.96. The molecule has 2 aromatic heterocycles. The molecule has 1 amide bonds. The van der Waals surface area contributed by atoms with Crippen molar-refractivity contribution in [1.29, 1.82) is 0 Å². The highest BCUT2D eigenvalue weighted by atomic mass is 19.4. The lowest BCUT2D eigenvalue weighted by molar-refractivity contribution is -0.147. The van der Waals surface area contributed by atoms with E-state index in [9.17, 15) is 27.9 Å². The first-order valence-corrected chi connectivity index (χ1v) is 11.3.